The first-order valence-electron chi connectivity index (χ1n) is 5.76. The zero-order valence-electron chi connectivity index (χ0n) is 10.4. The van der Waals surface area contributed by atoms with Crippen LogP contribution in [0.15, 0.2) is 30.5 Å². The molecule has 0 aliphatic heterocycles. The topological polar surface area (TPSA) is 62.0 Å². The maximum Gasteiger partial charge on any atom is 0.253 e. The smallest absolute Gasteiger partial charge is 0.253 e. The summed E-state index contributed by atoms with van der Waals surface area (Å²) >= 11 is 0. The molecule has 1 amide bonds. The van der Waals surface area contributed by atoms with Gasteiger partial charge in [-0.05, 0) is 19.1 Å². The largest absolute Gasteiger partial charge is 0.361 e. The SMILES string of the molecule is CC(CNC(=O)c1cccc2cc[nH]c12)S(C)=O. The minimum atomic E-state index is -0.925. The summed E-state index contributed by atoms with van der Waals surface area (Å²) in [5, 5.41) is 3.77. The van der Waals surface area contributed by atoms with E-state index >= 15 is 0 Å². The highest BCUT2D eigenvalue weighted by molar-refractivity contribution is 7.84. The van der Waals surface area contributed by atoms with Gasteiger partial charge in [0.15, 0.2) is 0 Å². The predicted octanol–water partition coefficient (Wildman–Crippen LogP) is 1.66. The van der Waals surface area contributed by atoms with Crippen molar-refractivity contribution < 1.29 is 9.00 Å². The summed E-state index contributed by atoms with van der Waals surface area (Å²) in [5.74, 6) is -0.139. The number of para-hydroxylation sites is 1. The number of hydrogen-bond donors (Lipinski definition) is 2. The predicted molar refractivity (Wildman–Crippen MR) is 74.2 cm³/mol. The number of amides is 1. The van der Waals surface area contributed by atoms with E-state index in [1.807, 2.05) is 31.3 Å². The third-order valence-corrected chi connectivity index (χ3v) is 4.25. The summed E-state index contributed by atoms with van der Waals surface area (Å²) in [6.45, 7) is 2.27. The number of H-pyrrole nitrogens is 1. The van der Waals surface area contributed by atoms with Crippen LogP contribution in [0.5, 0.6) is 0 Å². The van der Waals surface area contributed by atoms with Gasteiger partial charge in [0, 0.05) is 40.4 Å². The van der Waals surface area contributed by atoms with Gasteiger partial charge in [-0.25, -0.2) is 0 Å². The van der Waals surface area contributed by atoms with Crippen LogP contribution in [0.25, 0.3) is 10.9 Å². The first-order chi connectivity index (χ1) is 8.59. The highest BCUT2D eigenvalue weighted by atomic mass is 32.2. The van der Waals surface area contributed by atoms with Gasteiger partial charge in [0.25, 0.3) is 5.91 Å². The van der Waals surface area contributed by atoms with E-state index in [1.165, 1.54) is 0 Å². The van der Waals surface area contributed by atoms with E-state index in [0.29, 0.717) is 12.1 Å². The van der Waals surface area contributed by atoms with Crippen molar-refractivity contribution in [2.24, 2.45) is 0 Å². The van der Waals surface area contributed by atoms with Crippen LogP contribution < -0.4 is 5.32 Å². The summed E-state index contributed by atoms with van der Waals surface area (Å²) in [5.41, 5.74) is 1.45. The van der Waals surface area contributed by atoms with Gasteiger partial charge in [-0.2, -0.15) is 0 Å². The third kappa shape index (κ3) is 2.61. The van der Waals surface area contributed by atoms with Gasteiger partial charge in [0.05, 0.1) is 11.1 Å². The molecule has 0 radical (unpaired) electrons. The van der Waals surface area contributed by atoms with Crippen LogP contribution in [0.4, 0.5) is 0 Å². The molecule has 2 atom stereocenters. The van der Waals surface area contributed by atoms with E-state index < -0.39 is 10.8 Å². The molecular formula is C13H16N2O2S. The normalized spacial score (nSPS) is 14.3. The minimum absolute atomic E-state index is 0.0446. The maximum atomic E-state index is 12.1. The number of hydrogen-bond acceptors (Lipinski definition) is 2. The summed E-state index contributed by atoms with van der Waals surface area (Å²) in [6, 6.07) is 7.51. The fraction of sp³-hybridized carbons (Fsp3) is 0.308. The second kappa shape index (κ2) is 5.35. The first-order valence-corrected chi connectivity index (χ1v) is 7.38. The number of carbonyl (C=O) groups is 1. The van der Waals surface area contributed by atoms with Crippen LogP contribution >= 0.6 is 0 Å². The first kappa shape index (κ1) is 12.8. The van der Waals surface area contributed by atoms with Crippen molar-refractivity contribution in [3.8, 4) is 0 Å². The fourth-order valence-electron chi connectivity index (χ4n) is 1.72. The molecule has 18 heavy (non-hydrogen) atoms. The molecule has 0 saturated carbocycles. The number of aromatic amines is 1. The van der Waals surface area contributed by atoms with Crippen LogP contribution in [-0.4, -0.2) is 33.2 Å². The molecule has 1 aromatic heterocycles. The van der Waals surface area contributed by atoms with Gasteiger partial charge in [-0.1, -0.05) is 12.1 Å². The van der Waals surface area contributed by atoms with Crippen LogP contribution in [0.2, 0.25) is 0 Å². The van der Waals surface area contributed by atoms with E-state index in [4.69, 9.17) is 0 Å². The van der Waals surface area contributed by atoms with Crippen molar-refractivity contribution in [2.75, 3.05) is 12.8 Å². The molecule has 4 nitrogen and oxygen atoms in total. The van der Waals surface area contributed by atoms with E-state index in [1.54, 1.807) is 12.3 Å². The van der Waals surface area contributed by atoms with Crippen molar-refractivity contribution in [2.45, 2.75) is 12.2 Å². The van der Waals surface area contributed by atoms with E-state index in [-0.39, 0.29) is 11.2 Å². The Labute approximate surface area is 108 Å². The monoisotopic (exact) mass is 264 g/mol. The molecule has 0 aliphatic rings. The number of aromatic nitrogens is 1. The molecule has 0 bridgehead atoms. The fourth-order valence-corrected chi connectivity index (χ4v) is 2.04. The van der Waals surface area contributed by atoms with Crippen LogP contribution in [0.3, 0.4) is 0 Å². The summed E-state index contributed by atoms with van der Waals surface area (Å²) in [4.78, 5) is 15.1. The van der Waals surface area contributed by atoms with Crippen molar-refractivity contribution in [3.63, 3.8) is 0 Å². The van der Waals surface area contributed by atoms with Gasteiger partial charge in [0.2, 0.25) is 0 Å². The lowest BCUT2D eigenvalue weighted by molar-refractivity contribution is 0.0955. The zero-order valence-corrected chi connectivity index (χ0v) is 11.2. The minimum Gasteiger partial charge on any atom is -0.361 e. The molecule has 2 N–H and O–H groups in total. The standard InChI is InChI=1S/C13H16N2O2S/c1-9(18(2)17)8-15-13(16)11-5-3-4-10-6-7-14-12(10)11/h3-7,9,14H,8H2,1-2H3,(H,15,16). The number of carbonyl (C=O) groups excluding carboxylic acids is 1. The van der Waals surface area contributed by atoms with Crippen molar-refractivity contribution in [1.29, 1.82) is 0 Å². The zero-order chi connectivity index (χ0) is 13.1. The van der Waals surface area contributed by atoms with Gasteiger partial charge in [-0.15, -0.1) is 0 Å². The van der Waals surface area contributed by atoms with Gasteiger partial charge >= 0.3 is 0 Å². The highest BCUT2D eigenvalue weighted by Gasteiger charge is 2.12. The van der Waals surface area contributed by atoms with Crippen molar-refractivity contribution >= 4 is 27.6 Å². The number of fused-ring (bicyclic) bond motifs is 1. The molecule has 0 spiro atoms. The summed E-state index contributed by atoms with van der Waals surface area (Å²) in [7, 11) is -0.925. The number of nitrogens with one attached hydrogen (secondary N) is 2. The Morgan fingerprint density at radius 3 is 2.94 bits per heavy atom. The van der Waals surface area contributed by atoms with Gasteiger partial charge in [-0.3, -0.25) is 9.00 Å². The Kier molecular flexibility index (Phi) is 3.81. The van der Waals surface area contributed by atoms with Gasteiger partial charge < -0.3 is 10.3 Å². The number of rotatable bonds is 4. The average Bonchev–Trinajstić information content (AvgIpc) is 2.83. The molecule has 0 saturated heterocycles. The summed E-state index contributed by atoms with van der Waals surface area (Å²) < 4.78 is 11.2. The van der Waals surface area contributed by atoms with Crippen LogP contribution in [0, 0.1) is 0 Å². The Bertz CT molecular complexity index is 591. The third-order valence-electron chi connectivity index (χ3n) is 2.95. The molecule has 5 heteroatoms. The highest BCUT2D eigenvalue weighted by Crippen LogP contribution is 2.16. The molecule has 2 rings (SSSR count). The molecule has 0 aliphatic carbocycles. The maximum absolute atomic E-state index is 12.1. The second-order valence-corrected chi connectivity index (χ2v) is 6.07. The Morgan fingerprint density at radius 1 is 1.44 bits per heavy atom. The van der Waals surface area contributed by atoms with Crippen LogP contribution in [-0.2, 0) is 10.8 Å². The van der Waals surface area contributed by atoms with Gasteiger partial charge in [0.1, 0.15) is 0 Å². The number of benzene rings is 1. The van der Waals surface area contributed by atoms with E-state index in [2.05, 4.69) is 10.3 Å². The molecule has 2 unspecified atom stereocenters. The Hall–Kier alpha value is -1.62. The van der Waals surface area contributed by atoms with Crippen molar-refractivity contribution in [1.82, 2.24) is 10.3 Å². The molecule has 0 fully saturated rings. The van der Waals surface area contributed by atoms with Crippen molar-refractivity contribution in [3.05, 3.63) is 36.0 Å². The quantitative estimate of drug-likeness (QED) is 0.882. The molecule has 96 valence electrons. The Balaban J connectivity index is 2.14. The molecule has 1 aromatic carbocycles. The molecule has 2 aromatic rings. The average molecular weight is 264 g/mol. The lowest BCUT2D eigenvalue weighted by atomic mass is 10.1. The Morgan fingerprint density at radius 2 is 2.22 bits per heavy atom. The van der Waals surface area contributed by atoms with E-state index in [0.717, 1.165) is 10.9 Å². The second-order valence-electron chi connectivity index (χ2n) is 4.27. The molecule has 1 heterocycles. The lowest BCUT2D eigenvalue weighted by Crippen LogP contribution is -2.32. The summed E-state index contributed by atoms with van der Waals surface area (Å²) in [6.07, 6.45) is 3.45. The van der Waals surface area contributed by atoms with E-state index in [9.17, 15) is 9.00 Å². The lowest BCUT2D eigenvalue weighted by Gasteiger charge is -2.10. The molecular weight excluding hydrogens is 248 g/mol. The van der Waals surface area contributed by atoms with Crippen LogP contribution in [0.1, 0.15) is 17.3 Å².